The zero-order chi connectivity index (χ0) is 13.8. The van der Waals surface area contributed by atoms with Gasteiger partial charge in [0.1, 0.15) is 0 Å². The molecule has 1 aromatic carbocycles. The van der Waals surface area contributed by atoms with Crippen molar-refractivity contribution >= 4 is 0 Å². The molecule has 0 saturated heterocycles. The average Bonchev–Trinajstić information content (AvgIpc) is 2.56. The van der Waals surface area contributed by atoms with E-state index in [0.29, 0.717) is 11.8 Å². The summed E-state index contributed by atoms with van der Waals surface area (Å²) >= 11 is 0. The van der Waals surface area contributed by atoms with Crippen LogP contribution in [0.15, 0.2) is 30.3 Å². The van der Waals surface area contributed by atoms with Crippen molar-refractivity contribution in [1.29, 1.82) is 0 Å². The monoisotopic (exact) mass is 271 g/mol. The molecule has 0 atom stereocenters. The number of hydrogen-bond acceptors (Lipinski definition) is 1. The highest BCUT2D eigenvalue weighted by Crippen LogP contribution is 2.47. The molecular weight excluding hydrogens is 242 g/mol. The fraction of sp³-hybridized carbons (Fsp3) is 0.684. The predicted molar refractivity (Wildman–Crippen MR) is 85.5 cm³/mol. The SMILES string of the molecule is NC(c1ccccc1)(C1CCCCC1)C1CCCCC1. The Morgan fingerprint density at radius 3 is 1.60 bits per heavy atom. The third-order valence-electron chi connectivity index (χ3n) is 5.84. The molecular formula is C19H29N. The van der Waals surface area contributed by atoms with Crippen molar-refractivity contribution in [3.63, 3.8) is 0 Å². The zero-order valence-electron chi connectivity index (χ0n) is 12.7. The summed E-state index contributed by atoms with van der Waals surface area (Å²) in [6.07, 6.45) is 13.7. The largest absolute Gasteiger partial charge is 0.321 e. The van der Waals surface area contributed by atoms with Crippen LogP contribution in [0.25, 0.3) is 0 Å². The van der Waals surface area contributed by atoms with E-state index >= 15 is 0 Å². The molecule has 0 aliphatic heterocycles. The first-order valence-corrected chi connectivity index (χ1v) is 8.66. The molecule has 0 radical (unpaired) electrons. The lowest BCUT2D eigenvalue weighted by molar-refractivity contribution is 0.104. The molecule has 20 heavy (non-hydrogen) atoms. The molecule has 110 valence electrons. The minimum atomic E-state index is -0.0674. The summed E-state index contributed by atoms with van der Waals surface area (Å²) in [7, 11) is 0. The van der Waals surface area contributed by atoms with Crippen LogP contribution in [-0.2, 0) is 5.54 Å². The van der Waals surface area contributed by atoms with Gasteiger partial charge in [-0.05, 0) is 43.1 Å². The van der Waals surface area contributed by atoms with Gasteiger partial charge in [-0.1, -0.05) is 68.9 Å². The molecule has 1 heteroatoms. The molecule has 0 bridgehead atoms. The lowest BCUT2D eigenvalue weighted by Gasteiger charge is -2.47. The molecule has 0 unspecified atom stereocenters. The summed E-state index contributed by atoms with van der Waals surface area (Å²) in [5.74, 6) is 1.39. The van der Waals surface area contributed by atoms with Crippen molar-refractivity contribution in [3.05, 3.63) is 35.9 Å². The van der Waals surface area contributed by atoms with Crippen molar-refractivity contribution in [2.75, 3.05) is 0 Å². The Labute approximate surface area is 124 Å². The molecule has 3 rings (SSSR count). The van der Waals surface area contributed by atoms with Gasteiger partial charge in [-0.3, -0.25) is 0 Å². The standard InChI is InChI=1S/C19H29N/c20-19(16-10-4-1-5-11-16,17-12-6-2-7-13-17)18-14-8-3-9-15-18/h1,4-5,10-11,17-18H,2-3,6-9,12-15,20H2. The highest BCUT2D eigenvalue weighted by atomic mass is 14.8. The van der Waals surface area contributed by atoms with Crippen LogP contribution in [-0.4, -0.2) is 0 Å². The van der Waals surface area contributed by atoms with E-state index in [1.807, 2.05) is 0 Å². The van der Waals surface area contributed by atoms with Gasteiger partial charge in [0.15, 0.2) is 0 Å². The van der Waals surface area contributed by atoms with Crippen molar-refractivity contribution in [2.45, 2.75) is 69.7 Å². The van der Waals surface area contributed by atoms with Gasteiger partial charge >= 0.3 is 0 Å². The Balaban J connectivity index is 1.92. The van der Waals surface area contributed by atoms with Gasteiger partial charge in [-0.15, -0.1) is 0 Å². The van der Waals surface area contributed by atoms with Gasteiger partial charge in [0, 0.05) is 5.54 Å². The summed E-state index contributed by atoms with van der Waals surface area (Å²) in [5, 5.41) is 0. The molecule has 2 fully saturated rings. The van der Waals surface area contributed by atoms with Crippen LogP contribution in [0.2, 0.25) is 0 Å². The van der Waals surface area contributed by atoms with E-state index in [-0.39, 0.29) is 5.54 Å². The number of hydrogen-bond donors (Lipinski definition) is 1. The molecule has 1 aromatic rings. The molecule has 0 heterocycles. The van der Waals surface area contributed by atoms with E-state index in [1.54, 1.807) is 0 Å². The first-order chi connectivity index (χ1) is 9.82. The van der Waals surface area contributed by atoms with Crippen LogP contribution >= 0.6 is 0 Å². The second kappa shape index (κ2) is 6.30. The molecule has 0 amide bonds. The smallest absolute Gasteiger partial charge is 0.0466 e. The molecule has 1 nitrogen and oxygen atoms in total. The lowest BCUT2D eigenvalue weighted by Crippen LogP contribution is -2.51. The maximum Gasteiger partial charge on any atom is 0.0466 e. The van der Waals surface area contributed by atoms with E-state index in [4.69, 9.17) is 5.73 Å². The van der Waals surface area contributed by atoms with Crippen LogP contribution in [0.5, 0.6) is 0 Å². The fourth-order valence-electron chi connectivity index (χ4n) is 4.69. The van der Waals surface area contributed by atoms with Crippen LogP contribution in [0, 0.1) is 11.8 Å². The Hall–Kier alpha value is -0.820. The molecule has 2 aliphatic rings. The van der Waals surface area contributed by atoms with Crippen molar-refractivity contribution in [3.8, 4) is 0 Å². The van der Waals surface area contributed by atoms with E-state index in [0.717, 1.165) is 0 Å². The Morgan fingerprint density at radius 2 is 1.15 bits per heavy atom. The first kappa shape index (κ1) is 14.1. The van der Waals surface area contributed by atoms with E-state index < -0.39 is 0 Å². The number of benzene rings is 1. The summed E-state index contributed by atoms with van der Waals surface area (Å²) in [5.41, 5.74) is 8.50. The topological polar surface area (TPSA) is 26.0 Å². The Bertz CT molecular complexity index is 381. The summed E-state index contributed by atoms with van der Waals surface area (Å²) < 4.78 is 0. The average molecular weight is 271 g/mol. The van der Waals surface area contributed by atoms with E-state index in [9.17, 15) is 0 Å². The predicted octanol–water partition coefficient (Wildman–Crippen LogP) is 5.00. The highest BCUT2D eigenvalue weighted by molar-refractivity contribution is 5.26. The van der Waals surface area contributed by atoms with Gasteiger partial charge in [0.2, 0.25) is 0 Å². The van der Waals surface area contributed by atoms with E-state index in [2.05, 4.69) is 30.3 Å². The van der Waals surface area contributed by atoms with Gasteiger partial charge in [0.05, 0.1) is 0 Å². The van der Waals surface area contributed by atoms with Gasteiger partial charge in [-0.25, -0.2) is 0 Å². The van der Waals surface area contributed by atoms with Crippen molar-refractivity contribution in [1.82, 2.24) is 0 Å². The Kier molecular flexibility index (Phi) is 4.45. The third-order valence-corrected chi connectivity index (χ3v) is 5.84. The summed E-state index contributed by atoms with van der Waals surface area (Å²) in [6.45, 7) is 0. The molecule has 2 saturated carbocycles. The number of nitrogens with two attached hydrogens (primary N) is 1. The second-order valence-electron chi connectivity index (χ2n) is 6.97. The zero-order valence-corrected chi connectivity index (χ0v) is 12.7. The Morgan fingerprint density at radius 1 is 0.700 bits per heavy atom. The van der Waals surface area contributed by atoms with Crippen LogP contribution in [0.1, 0.15) is 69.8 Å². The normalized spacial score (nSPS) is 22.9. The summed E-state index contributed by atoms with van der Waals surface area (Å²) in [4.78, 5) is 0. The fourth-order valence-corrected chi connectivity index (χ4v) is 4.69. The molecule has 2 aliphatic carbocycles. The minimum Gasteiger partial charge on any atom is -0.321 e. The second-order valence-corrected chi connectivity index (χ2v) is 6.97. The van der Waals surface area contributed by atoms with Gasteiger partial charge in [0.25, 0.3) is 0 Å². The minimum absolute atomic E-state index is 0.0674. The molecule has 2 N–H and O–H groups in total. The maximum atomic E-state index is 7.17. The molecule has 0 aromatic heterocycles. The molecule has 0 spiro atoms. The van der Waals surface area contributed by atoms with Gasteiger partial charge < -0.3 is 5.73 Å². The van der Waals surface area contributed by atoms with Crippen molar-refractivity contribution < 1.29 is 0 Å². The highest BCUT2D eigenvalue weighted by Gasteiger charge is 2.43. The quantitative estimate of drug-likeness (QED) is 0.822. The lowest BCUT2D eigenvalue weighted by atomic mass is 9.62. The van der Waals surface area contributed by atoms with Crippen LogP contribution < -0.4 is 5.73 Å². The van der Waals surface area contributed by atoms with Gasteiger partial charge in [-0.2, -0.15) is 0 Å². The number of rotatable bonds is 3. The van der Waals surface area contributed by atoms with E-state index in [1.165, 1.54) is 69.8 Å². The summed E-state index contributed by atoms with van der Waals surface area (Å²) in [6, 6.07) is 11.0. The van der Waals surface area contributed by atoms with Crippen LogP contribution in [0.3, 0.4) is 0 Å². The maximum absolute atomic E-state index is 7.17. The third kappa shape index (κ3) is 2.65. The van der Waals surface area contributed by atoms with Crippen LogP contribution in [0.4, 0.5) is 0 Å². The first-order valence-electron chi connectivity index (χ1n) is 8.66. The van der Waals surface area contributed by atoms with Crippen molar-refractivity contribution in [2.24, 2.45) is 17.6 Å².